The molecule has 0 aliphatic rings. The van der Waals surface area contributed by atoms with Gasteiger partial charge in [-0.05, 0) is 59.6 Å². The van der Waals surface area contributed by atoms with Gasteiger partial charge in [-0.3, -0.25) is 0 Å². The number of nitrogens with one attached hydrogen (secondary N) is 1. The third kappa shape index (κ3) is 6.93. The molecule has 0 unspecified atom stereocenters. The largest absolute Gasteiger partial charge is 0.378 e. The van der Waals surface area contributed by atoms with E-state index >= 15 is 0 Å². The zero-order valence-electron chi connectivity index (χ0n) is 20.5. The lowest BCUT2D eigenvalue weighted by Gasteiger charge is -2.29. The first-order valence-electron chi connectivity index (χ1n) is 12.1. The molecule has 3 nitrogen and oxygen atoms in total. The van der Waals surface area contributed by atoms with Crippen molar-refractivity contribution in [3.05, 3.63) is 132 Å². The van der Waals surface area contributed by atoms with Crippen LogP contribution in [0.1, 0.15) is 29.0 Å². The Morgan fingerprint density at radius 3 is 1.74 bits per heavy atom. The van der Waals surface area contributed by atoms with Crippen molar-refractivity contribution in [3.63, 3.8) is 0 Å². The van der Waals surface area contributed by atoms with E-state index in [1.54, 1.807) is 0 Å². The van der Waals surface area contributed by atoms with Crippen molar-refractivity contribution in [1.29, 1.82) is 0 Å². The Morgan fingerprint density at radius 2 is 1.23 bits per heavy atom. The van der Waals surface area contributed by atoms with Crippen LogP contribution < -0.4 is 10.2 Å². The van der Waals surface area contributed by atoms with Gasteiger partial charge < -0.3 is 15.1 Å². The molecule has 0 amide bonds. The summed E-state index contributed by atoms with van der Waals surface area (Å²) in [5, 5.41) is 4.19. The molecule has 4 heteroatoms. The zero-order valence-corrected chi connectivity index (χ0v) is 21.3. The van der Waals surface area contributed by atoms with Crippen LogP contribution in [0.25, 0.3) is 0 Å². The van der Waals surface area contributed by atoms with Gasteiger partial charge in [-0.15, -0.1) is 0 Å². The summed E-state index contributed by atoms with van der Waals surface area (Å²) in [6.45, 7) is 1.59. The van der Waals surface area contributed by atoms with Gasteiger partial charge in [-0.25, -0.2) is 0 Å². The Hall–Kier alpha value is -3.63. The van der Waals surface area contributed by atoms with E-state index in [0.29, 0.717) is 5.92 Å². The van der Waals surface area contributed by atoms with Crippen LogP contribution in [0.4, 0.5) is 11.4 Å². The molecule has 4 aromatic carbocycles. The van der Waals surface area contributed by atoms with Crippen molar-refractivity contribution < 1.29 is 0 Å². The van der Waals surface area contributed by atoms with Crippen LogP contribution in [-0.4, -0.2) is 30.7 Å². The van der Waals surface area contributed by atoms with Crippen LogP contribution >= 0.6 is 12.2 Å². The van der Waals surface area contributed by atoms with E-state index in [1.165, 1.54) is 22.4 Å². The second-order valence-electron chi connectivity index (χ2n) is 8.94. The smallest absolute Gasteiger partial charge is 0.173 e. The number of benzene rings is 4. The molecule has 0 saturated heterocycles. The lowest BCUT2D eigenvalue weighted by atomic mass is 9.88. The van der Waals surface area contributed by atoms with Crippen LogP contribution in [0, 0.1) is 0 Å². The van der Waals surface area contributed by atoms with Crippen molar-refractivity contribution >= 4 is 28.7 Å². The molecule has 0 aliphatic heterocycles. The van der Waals surface area contributed by atoms with E-state index in [4.69, 9.17) is 12.2 Å². The summed E-state index contributed by atoms with van der Waals surface area (Å²) in [6, 6.07) is 40.4. The van der Waals surface area contributed by atoms with Gasteiger partial charge in [0.05, 0.1) is 0 Å². The highest BCUT2D eigenvalue weighted by molar-refractivity contribution is 7.80. The summed E-state index contributed by atoms with van der Waals surface area (Å²) in [4.78, 5) is 4.40. The molecular weight excluding hydrogens is 446 g/mol. The molecule has 0 spiro atoms. The Morgan fingerprint density at radius 1 is 0.714 bits per heavy atom. The number of anilines is 2. The topological polar surface area (TPSA) is 18.5 Å². The van der Waals surface area contributed by atoms with E-state index in [2.05, 4.69) is 114 Å². The molecule has 0 aliphatic carbocycles. The normalized spacial score (nSPS) is 10.7. The zero-order chi connectivity index (χ0) is 24.5. The van der Waals surface area contributed by atoms with Gasteiger partial charge >= 0.3 is 0 Å². The van der Waals surface area contributed by atoms with Crippen molar-refractivity contribution in [2.24, 2.45) is 0 Å². The lowest BCUT2D eigenvalue weighted by Crippen LogP contribution is -2.35. The number of rotatable bonds is 9. The van der Waals surface area contributed by atoms with Crippen LogP contribution in [0.3, 0.4) is 0 Å². The van der Waals surface area contributed by atoms with Crippen molar-refractivity contribution in [3.8, 4) is 0 Å². The van der Waals surface area contributed by atoms with Crippen LogP contribution in [0.2, 0.25) is 0 Å². The third-order valence-electron chi connectivity index (χ3n) is 6.23. The number of hydrogen-bond donors (Lipinski definition) is 1. The second kappa shape index (κ2) is 12.2. The Bertz CT molecular complexity index is 1140. The molecule has 0 aromatic heterocycles. The predicted molar refractivity (Wildman–Crippen MR) is 153 cm³/mol. The number of nitrogens with zero attached hydrogens (tertiary/aromatic N) is 2. The quantitative estimate of drug-likeness (QED) is 0.256. The monoisotopic (exact) mass is 479 g/mol. The summed E-state index contributed by atoms with van der Waals surface area (Å²) in [5.41, 5.74) is 6.10. The van der Waals surface area contributed by atoms with Crippen molar-refractivity contribution in [1.82, 2.24) is 4.90 Å². The summed E-state index contributed by atoms with van der Waals surface area (Å²) >= 11 is 5.92. The maximum absolute atomic E-state index is 5.92. The highest BCUT2D eigenvalue weighted by atomic mass is 32.1. The lowest BCUT2D eigenvalue weighted by molar-refractivity contribution is 0.400. The first-order valence-corrected chi connectivity index (χ1v) is 12.5. The van der Waals surface area contributed by atoms with Gasteiger partial charge in [-0.2, -0.15) is 0 Å². The summed E-state index contributed by atoms with van der Waals surface area (Å²) in [5.74, 6) is 0.301. The van der Waals surface area contributed by atoms with Crippen molar-refractivity contribution in [2.45, 2.75) is 18.9 Å². The summed E-state index contributed by atoms with van der Waals surface area (Å²) < 4.78 is 0. The van der Waals surface area contributed by atoms with E-state index in [0.717, 1.165) is 30.3 Å². The molecule has 0 fully saturated rings. The van der Waals surface area contributed by atoms with Gasteiger partial charge in [-0.1, -0.05) is 91.0 Å². The molecule has 0 atom stereocenters. The maximum Gasteiger partial charge on any atom is 0.173 e. The minimum atomic E-state index is 0.301. The van der Waals surface area contributed by atoms with Crippen LogP contribution in [-0.2, 0) is 6.54 Å². The molecule has 178 valence electrons. The highest BCUT2D eigenvalue weighted by Crippen LogP contribution is 2.28. The molecule has 0 bridgehead atoms. The van der Waals surface area contributed by atoms with Gasteiger partial charge in [0.2, 0.25) is 0 Å². The maximum atomic E-state index is 5.92. The minimum absolute atomic E-state index is 0.301. The van der Waals surface area contributed by atoms with Gasteiger partial charge in [0, 0.05) is 44.5 Å². The summed E-state index contributed by atoms with van der Waals surface area (Å²) in [7, 11) is 4.13. The average molecular weight is 480 g/mol. The SMILES string of the molecule is CN(C)c1ccc(CN(CCC(c2ccccc2)c2ccccc2)C(=S)Nc2ccccc2)cc1. The average Bonchev–Trinajstić information content (AvgIpc) is 2.90. The summed E-state index contributed by atoms with van der Waals surface area (Å²) in [6.07, 6.45) is 0.959. The number of para-hydroxylation sites is 1. The number of hydrogen-bond acceptors (Lipinski definition) is 2. The molecule has 0 heterocycles. The number of thiocarbonyl (C=S) groups is 1. The molecule has 4 aromatic rings. The molecular formula is C31H33N3S. The molecule has 0 radical (unpaired) electrons. The Labute approximate surface area is 215 Å². The molecule has 1 N–H and O–H groups in total. The Kier molecular flexibility index (Phi) is 8.53. The molecule has 35 heavy (non-hydrogen) atoms. The Balaban J connectivity index is 1.56. The minimum Gasteiger partial charge on any atom is -0.378 e. The van der Waals surface area contributed by atoms with E-state index < -0.39 is 0 Å². The van der Waals surface area contributed by atoms with Crippen LogP contribution in [0.15, 0.2) is 115 Å². The standard InChI is InChI=1S/C31H33N3S/c1-33(2)29-20-18-25(19-21-29)24-34(31(35)32-28-16-10-5-11-17-28)23-22-30(26-12-6-3-7-13-26)27-14-8-4-9-15-27/h3-21,30H,22-24H2,1-2H3,(H,32,35). The van der Waals surface area contributed by atoms with E-state index in [1.807, 2.05) is 30.3 Å². The molecule has 4 rings (SSSR count). The van der Waals surface area contributed by atoms with E-state index in [9.17, 15) is 0 Å². The van der Waals surface area contributed by atoms with Crippen molar-refractivity contribution in [2.75, 3.05) is 30.9 Å². The van der Waals surface area contributed by atoms with Crippen LogP contribution in [0.5, 0.6) is 0 Å². The van der Waals surface area contributed by atoms with E-state index in [-0.39, 0.29) is 0 Å². The second-order valence-corrected chi connectivity index (χ2v) is 9.33. The fraction of sp³-hybridized carbons (Fsp3) is 0.194. The third-order valence-corrected chi connectivity index (χ3v) is 6.59. The first-order chi connectivity index (χ1) is 17.1. The van der Waals surface area contributed by atoms with Gasteiger partial charge in [0.15, 0.2) is 5.11 Å². The van der Waals surface area contributed by atoms with Gasteiger partial charge in [0.1, 0.15) is 0 Å². The fourth-order valence-corrected chi connectivity index (χ4v) is 4.55. The molecule has 0 saturated carbocycles. The van der Waals surface area contributed by atoms with Gasteiger partial charge in [0.25, 0.3) is 0 Å². The first kappa shape index (κ1) is 24.5. The predicted octanol–water partition coefficient (Wildman–Crippen LogP) is 7.17. The highest BCUT2D eigenvalue weighted by Gasteiger charge is 2.18. The fourth-order valence-electron chi connectivity index (χ4n) is 4.28.